The van der Waals surface area contributed by atoms with Crippen LogP contribution < -0.4 is 10.1 Å². The number of para-hydroxylation sites is 1. The summed E-state index contributed by atoms with van der Waals surface area (Å²) in [5, 5.41) is 13.1. The average molecular weight is 464 g/mol. The summed E-state index contributed by atoms with van der Waals surface area (Å²) in [5.41, 5.74) is 0.922. The van der Waals surface area contributed by atoms with Crippen molar-refractivity contribution in [3.63, 3.8) is 0 Å². The third kappa shape index (κ3) is 5.41. The Kier molecular flexibility index (Phi) is 7.52. The van der Waals surface area contributed by atoms with Crippen LogP contribution in [0.3, 0.4) is 0 Å². The van der Waals surface area contributed by atoms with Crippen LogP contribution in [-0.4, -0.2) is 31.4 Å². The van der Waals surface area contributed by atoms with Gasteiger partial charge in [-0.05, 0) is 32.9 Å². The number of nitrogens with zero attached hydrogens (tertiary/aromatic N) is 4. The number of hydrogen-bond acceptors (Lipinski definition) is 7. The molecule has 2 heterocycles. The van der Waals surface area contributed by atoms with E-state index in [0.29, 0.717) is 33.4 Å². The molecule has 0 aliphatic carbocycles. The summed E-state index contributed by atoms with van der Waals surface area (Å²) < 4.78 is 7.84. The van der Waals surface area contributed by atoms with E-state index in [1.165, 1.54) is 23.1 Å². The van der Waals surface area contributed by atoms with Gasteiger partial charge in [0.05, 0.1) is 16.5 Å². The average Bonchev–Trinajstić information content (AvgIpc) is 3.25. The zero-order chi connectivity index (χ0) is 21.7. The van der Waals surface area contributed by atoms with E-state index >= 15 is 0 Å². The monoisotopic (exact) mass is 463 g/mol. The predicted octanol–water partition coefficient (Wildman–Crippen LogP) is 5.06. The molecular formula is C20H22ClN5O2S2. The van der Waals surface area contributed by atoms with Gasteiger partial charge in [-0.2, -0.15) is 0 Å². The highest BCUT2D eigenvalue weighted by Crippen LogP contribution is 2.29. The molecule has 0 radical (unpaired) electrons. The number of hydrogen-bond donors (Lipinski definition) is 1. The van der Waals surface area contributed by atoms with Crippen molar-refractivity contribution in [3.8, 4) is 5.75 Å². The van der Waals surface area contributed by atoms with Gasteiger partial charge in [0, 0.05) is 11.4 Å². The molecule has 1 N–H and O–H groups in total. The number of halogens is 1. The smallest absolute Gasteiger partial charge is 0.236 e. The highest BCUT2D eigenvalue weighted by atomic mass is 35.5. The van der Waals surface area contributed by atoms with Gasteiger partial charge in [-0.1, -0.05) is 41.6 Å². The third-order valence-electron chi connectivity index (χ3n) is 4.17. The number of aryl methyl sites for hydroxylation is 2. The minimum absolute atomic E-state index is 0.149. The van der Waals surface area contributed by atoms with Crippen molar-refractivity contribution in [3.05, 3.63) is 58.3 Å². The van der Waals surface area contributed by atoms with Crippen LogP contribution in [0.15, 0.2) is 42.1 Å². The second-order valence-electron chi connectivity index (χ2n) is 6.43. The lowest BCUT2D eigenvalue weighted by Gasteiger charge is -2.16. The second-order valence-corrected chi connectivity index (χ2v) is 8.98. The maximum atomic E-state index is 12.3. The molecule has 30 heavy (non-hydrogen) atoms. The number of carbonyl (C=O) groups is 1. The van der Waals surface area contributed by atoms with Gasteiger partial charge in [0.15, 0.2) is 22.2 Å². The SMILES string of the molecule is C=CCn1c(SCC(=O)Nc2nc(C)c(C)s2)nnc1C(C)Oc1ccccc1Cl. The summed E-state index contributed by atoms with van der Waals surface area (Å²) in [6, 6.07) is 7.26. The molecule has 0 saturated carbocycles. The molecule has 1 atom stereocenters. The molecule has 7 nitrogen and oxygen atoms in total. The first kappa shape index (κ1) is 22.3. The molecule has 0 fully saturated rings. The van der Waals surface area contributed by atoms with Gasteiger partial charge < -0.3 is 10.1 Å². The van der Waals surface area contributed by atoms with Gasteiger partial charge in [0.2, 0.25) is 5.91 Å². The van der Waals surface area contributed by atoms with Crippen LogP contribution >= 0.6 is 34.7 Å². The van der Waals surface area contributed by atoms with Gasteiger partial charge in [0.25, 0.3) is 0 Å². The number of thiazole rings is 1. The Bertz CT molecular complexity index is 1030. The van der Waals surface area contributed by atoms with E-state index in [1.807, 2.05) is 37.5 Å². The number of amides is 1. The van der Waals surface area contributed by atoms with Gasteiger partial charge in [-0.15, -0.1) is 28.1 Å². The number of nitrogens with one attached hydrogen (secondary N) is 1. The van der Waals surface area contributed by atoms with Crippen molar-refractivity contribution in [1.82, 2.24) is 19.7 Å². The summed E-state index contributed by atoms with van der Waals surface area (Å²) >= 11 is 8.94. The molecule has 0 aliphatic heterocycles. The number of ether oxygens (including phenoxy) is 1. The summed E-state index contributed by atoms with van der Waals surface area (Å²) in [4.78, 5) is 17.7. The van der Waals surface area contributed by atoms with Crippen LogP contribution in [0.1, 0.15) is 29.4 Å². The van der Waals surface area contributed by atoms with E-state index < -0.39 is 0 Å². The number of benzene rings is 1. The third-order valence-corrected chi connectivity index (χ3v) is 6.44. The molecule has 2 aromatic heterocycles. The molecule has 0 saturated heterocycles. The molecule has 1 aromatic carbocycles. The van der Waals surface area contributed by atoms with Gasteiger partial charge in [-0.3, -0.25) is 9.36 Å². The van der Waals surface area contributed by atoms with Crippen LogP contribution in [0, 0.1) is 13.8 Å². The highest BCUT2D eigenvalue weighted by molar-refractivity contribution is 7.99. The lowest BCUT2D eigenvalue weighted by atomic mass is 10.3. The molecule has 3 rings (SSSR count). The number of rotatable bonds is 9. The van der Waals surface area contributed by atoms with E-state index in [1.54, 1.807) is 18.2 Å². The molecule has 3 aromatic rings. The van der Waals surface area contributed by atoms with Gasteiger partial charge in [-0.25, -0.2) is 4.98 Å². The van der Waals surface area contributed by atoms with Crippen molar-refractivity contribution >= 4 is 45.7 Å². The highest BCUT2D eigenvalue weighted by Gasteiger charge is 2.20. The zero-order valence-electron chi connectivity index (χ0n) is 16.9. The Balaban J connectivity index is 1.68. The molecule has 1 amide bonds. The van der Waals surface area contributed by atoms with Crippen LogP contribution in [0.5, 0.6) is 5.75 Å². The molecular weight excluding hydrogens is 442 g/mol. The Labute approximate surface area is 188 Å². The summed E-state index contributed by atoms with van der Waals surface area (Å²) in [5.74, 6) is 1.24. The van der Waals surface area contributed by atoms with Gasteiger partial charge >= 0.3 is 0 Å². The Hall–Kier alpha value is -2.36. The van der Waals surface area contributed by atoms with E-state index in [-0.39, 0.29) is 17.8 Å². The maximum Gasteiger partial charge on any atom is 0.236 e. The molecule has 158 valence electrons. The number of carbonyl (C=O) groups excluding carboxylic acids is 1. The topological polar surface area (TPSA) is 81.9 Å². The molecule has 0 bridgehead atoms. The molecule has 0 spiro atoms. The van der Waals surface area contributed by atoms with E-state index in [9.17, 15) is 4.79 Å². The number of allylic oxidation sites excluding steroid dienone is 1. The van der Waals surface area contributed by atoms with Crippen LogP contribution in [-0.2, 0) is 11.3 Å². The summed E-state index contributed by atoms with van der Waals surface area (Å²) in [7, 11) is 0. The lowest BCUT2D eigenvalue weighted by Crippen LogP contribution is -2.15. The largest absolute Gasteiger partial charge is 0.481 e. The molecule has 0 aliphatic rings. The second kappa shape index (κ2) is 10.1. The first-order valence-corrected chi connectivity index (χ1v) is 11.4. The van der Waals surface area contributed by atoms with Crippen LogP contribution in [0.25, 0.3) is 0 Å². The Morgan fingerprint density at radius 2 is 2.17 bits per heavy atom. The fourth-order valence-corrected chi connectivity index (χ4v) is 4.37. The first-order chi connectivity index (χ1) is 14.4. The lowest BCUT2D eigenvalue weighted by molar-refractivity contribution is -0.113. The zero-order valence-corrected chi connectivity index (χ0v) is 19.3. The first-order valence-electron chi connectivity index (χ1n) is 9.21. The molecule has 10 heteroatoms. The van der Waals surface area contributed by atoms with Crippen molar-refractivity contribution in [2.24, 2.45) is 0 Å². The van der Waals surface area contributed by atoms with E-state index in [0.717, 1.165) is 10.6 Å². The number of anilines is 1. The molecule has 1 unspecified atom stereocenters. The quantitative estimate of drug-likeness (QED) is 0.352. The fourth-order valence-electron chi connectivity index (χ4n) is 2.60. The fraction of sp³-hybridized carbons (Fsp3) is 0.300. The number of aromatic nitrogens is 4. The summed E-state index contributed by atoms with van der Waals surface area (Å²) in [6.07, 6.45) is 1.36. The normalized spacial score (nSPS) is 11.9. The van der Waals surface area contributed by atoms with Crippen molar-refractivity contribution in [1.29, 1.82) is 0 Å². The minimum atomic E-state index is -0.387. The van der Waals surface area contributed by atoms with E-state index in [2.05, 4.69) is 27.1 Å². The van der Waals surface area contributed by atoms with Crippen LogP contribution in [0.4, 0.5) is 5.13 Å². The Morgan fingerprint density at radius 1 is 1.40 bits per heavy atom. The van der Waals surface area contributed by atoms with Crippen molar-refractivity contribution < 1.29 is 9.53 Å². The number of thioether (sulfide) groups is 1. The minimum Gasteiger partial charge on any atom is -0.481 e. The van der Waals surface area contributed by atoms with Crippen molar-refractivity contribution in [2.75, 3.05) is 11.1 Å². The Morgan fingerprint density at radius 3 is 2.83 bits per heavy atom. The van der Waals surface area contributed by atoms with Crippen LogP contribution in [0.2, 0.25) is 5.02 Å². The van der Waals surface area contributed by atoms with E-state index in [4.69, 9.17) is 16.3 Å². The van der Waals surface area contributed by atoms with Gasteiger partial charge in [0.1, 0.15) is 5.75 Å². The standard InChI is InChI=1S/C20H22ClN5O2S2/c1-5-10-26-18(13(3)28-16-9-7-6-8-15(16)21)24-25-20(26)29-11-17(27)23-19-22-12(2)14(4)30-19/h5-9,13H,1,10-11H2,2-4H3,(H,22,23,27). The maximum absolute atomic E-state index is 12.3. The predicted molar refractivity (Wildman–Crippen MR) is 122 cm³/mol. The van der Waals surface area contributed by atoms with Crippen molar-refractivity contribution in [2.45, 2.75) is 38.6 Å². The summed E-state index contributed by atoms with van der Waals surface area (Å²) in [6.45, 7) is 10.1.